The SMILES string of the molecule is O=C(CO)Nc1ccc(I)cc1. The van der Waals surface area contributed by atoms with Crippen molar-refractivity contribution < 1.29 is 9.90 Å². The molecule has 0 spiro atoms. The van der Waals surface area contributed by atoms with Crippen LogP contribution in [0.15, 0.2) is 24.3 Å². The van der Waals surface area contributed by atoms with E-state index in [-0.39, 0.29) is 0 Å². The molecule has 0 aliphatic carbocycles. The number of hydrogen-bond acceptors (Lipinski definition) is 2. The van der Waals surface area contributed by atoms with Gasteiger partial charge in [0.15, 0.2) is 0 Å². The molecule has 1 amide bonds. The van der Waals surface area contributed by atoms with Gasteiger partial charge in [0.25, 0.3) is 0 Å². The average Bonchev–Trinajstić information content (AvgIpc) is 2.09. The Balaban J connectivity index is 2.64. The molecule has 0 atom stereocenters. The van der Waals surface area contributed by atoms with E-state index in [9.17, 15) is 4.79 Å². The Kier molecular flexibility index (Phi) is 3.48. The summed E-state index contributed by atoms with van der Waals surface area (Å²) in [7, 11) is 0. The molecule has 0 aliphatic heterocycles. The van der Waals surface area contributed by atoms with Crippen molar-refractivity contribution in [3.8, 4) is 0 Å². The maximum atomic E-state index is 10.7. The molecular formula is C8H8INO2. The zero-order valence-corrected chi connectivity index (χ0v) is 8.41. The Morgan fingerprint density at radius 3 is 2.50 bits per heavy atom. The van der Waals surface area contributed by atoms with Crippen LogP contribution in [0, 0.1) is 3.57 Å². The fraction of sp³-hybridized carbons (Fsp3) is 0.125. The summed E-state index contributed by atoms with van der Waals surface area (Å²) in [6.45, 7) is -0.480. The minimum atomic E-state index is -0.480. The first-order chi connectivity index (χ1) is 5.72. The molecule has 0 bridgehead atoms. The van der Waals surface area contributed by atoms with Crippen molar-refractivity contribution in [2.24, 2.45) is 0 Å². The van der Waals surface area contributed by atoms with E-state index in [4.69, 9.17) is 5.11 Å². The molecule has 64 valence electrons. The van der Waals surface area contributed by atoms with Gasteiger partial charge >= 0.3 is 0 Å². The summed E-state index contributed by atoms with van der Waals surface area (Å²) in [5, 5.41) is 11.0. The molecule has 4 heteroatoms. The molecule has 2 N–H and O–H groups in total. The van der Waals surface area contributed by atoms with E-state index in [2.05, 4.69) is 27.9 Å². The van der Waals surface area contributed by atoms with Crippen LogP contribution in [0.2, 0.25) is 0 Å². The van der Waals surface area contributed by atoms with Crippen LogP contribution in [-0.4, -0.2) is 17.6 Å². The van der Waals surface area contributed by atoms with Crippen LogP contribution in [0.1, 0.15) is 0 Å². The van der Waals surface area contributed by atoms with Crippen molar-refractivity contribution in [2.45, 2.75) is 0 Å². The molecule has 0 unspecified atom stereocenters. The highest BCUT2D eigenvalue weighted by atomic mass is 127. The molecule has 1 rings (SSSR count). The highest BCUT2D eigenvalue weighted by Gasteiger charge is 1.97. The van der Waals surface area contributed by atoms with Gasteiger partial charge in [-0.15, -0.1) is 0 Å². The largest absolute Gasteiger partial charge is 0.387 e. The molecule has 1 aromatic rings. The number of aliphatic hydroxyl groups excluding tert-OH is 1. The third kappa shape index (κ3) is 2.78. The number of aliphatic hydroxyl groups is 1. The van der Waals surface area contributed by atoms with Crippen molar-refractivity contribution >= 4 is 34.2 Å². The fourth-order valence-electron chi connectivity index (χ4n) is 0.734. The summed E-state index contributed by atoms with van der Waals surface area (Å²) in [5.41, 5.74) is 0.703. The van der Waals surface area contributed by atoms with Gasteiger partial charge in [0.05, 0.1) is 0 Å². The standard InChI is InChI=1S/C8H8INO2/c9-6-1-3-7(4-2-6)10-8(12)5-11/h1-4,11H,5H2,(H,10,12). The second-order valence-corrected chi connectivity index (χ2v) is 3.46. The van der Waals surface area contributed by atoms with E-state index in [0.717, 1.165) is 3.57 Å². The lowest BCUT2D eigenvalue weighted by molar-refractivity contribution is -0.118. The van der Waals surface area contributed by atoms with E-state index in [1.807, 2.05) is 12.1 Å². The first kappa shape index (κ1) is 9.47. The summed E-state index contributed by atoms with van der Waals surface area (Å²) in [4.78, 5) is 10.7. The average molecular weight is 277 g/mol. The molecule has 0 heterocycles. The quantitative estimate of drug-likeness (QED) is 0.799. The molecule has 0 saturated carbocycles. The van der Waals surface area contributed by atoms with Crippen LogP contribution in [0.3, 0.4) is 0 Å². The number of hydrogen-bond donors (Lipinski definition) is 2. The molecule has 0 saturated heterocycles. The van der Waals surface area contributed by atoms with Crippen molar-refractivity contribution in [3.63, 3.8) is 0 Å². The summed E-state index contributed by atoms with van der Waals surface area (Å²) < 4.78 is 1.11. The number of carbonyl (C=O) groups excluding carboxylic acids is 1. The Morgan fingerprint density at radius 2 is 2.00 bits per heavy atom. The first-order valence-electron chi connectivity index (χ1n) is 3.38. The second-order valence-electron chi connectivity index (χ2n) is 2.21. The second kappa shape index (κ2) is 4.42. The van der Waals surface area contributed by atoms with Gasteiger partial charge in [0, 0.05) is 9.26 Å². The number of benzene rings is 1. The molecule has 12 heavy (non-hydrogen) atoms. The Morgan fingerprint density at radius 1 is 1.42 bits per heavy atom. The zero-order chi connectivity index (χ0) is 8.97. The minimum Gasteiger partial charge on any atom is -0.387 e. The molecule has 0 radical (unpaired) electrons. The van der Waals surface area contributed by atoms with E-state index >= 15 is 0 Å². The van der Waals surface area contributed by atoms with Crippen LogP contribution < -0.4 is 5.32 Å². The fourth-order valence-corrected chi connectivity index (χ4v) is 1.09. The smallest absolute Gasteiger partial charge is 0.250 e. The summed E-state index contributed by atoms with van der Waals surface area (Å²) in [6, 6.07) is 7.34. The van der Waals surface area contributed by atoms with Gasteiger partial charge in [0.1, 0.15) is 6.61 Å². The van der Waals surface area contributed by atoms with Gasteiger partial charge in [-0.25, -0.2) is 0 Å². The van der Waals surface area contributed by atoms with Crippen molar-refractivity contribution in [1.82, 2.24) is 0 Å². The molecule has 0 fully saturated rings. The Hall–Kier alpha value is -0.620. The lowest BCUT2D eigenvalue weighted by Crippen LogP contribution is -2.15. The third-order valence-electron chi connectivity index (χ3n) is 1.27. The van der Waals surface area contributed by atoms with Gasteiger partial charge in [-0.05, 0) is 46.9 Å². The molecule has 3 nitrogen and oxygen atoms in total. The monoisotopic (exact) mass is 277 g/mol. The number of carbonyl (C=O) groups is 1. The highest BCUT2D eigenvalue weighted by Crippen LogP contribution is 2.10. The van der Waals surface area contributed by atoms with Crippen LogP contribution >= 0.6 is 22.6 Å². The zero-order valence-electron chi connectivity index (χ0n) is 6.25. The maximum absolute atomic E-state index is 10.7. The van der Waals surface area contributed by atoms with E-state index < -0.39 is 12.5 Å². The van der Waals surface area contributed by atoms with Gasteiger partial charge < -0.3 is 10.4 Å². The molecule has 1 aromatic carbocycles. The van der Waals surface area contributed by atoms with Gasteiger partial charge in [-0.1, -0.05) is 0 Å². The van der Waals surface area contributed by atoms with Crippen molar-refractivity contribution in [2.75, 3.05) is 11.9 Å². The van der Waals surface area contributed by atoms with Gasteiger partial charge in [0.2, 0.25) is 5.91 Å². The number of amides is 1. The van der Waals surface area contributed by atoms with Crippen LogP contribution in [0.5, 0.6) is 0 Å². The lowest BCUT2D eigenvalue weighted by Gasteiger charge is -2.01. The predicted molar refractivity (Wildman–Crippen MR) is 54.9 cm³/mol. The maximum Gasteiger partial charge on any atom is 0.250 e. The van der Waals surface area contributed by atoms with Crippen LogP contribution in [-0.2, 0) is 4.79 Å². The number of rotatable bonds is 2. The topological polar surface area (TPSA) is 49.3 Å². The Bertz CT molecular complexity index is 271. The highest BCUT2D eigenvalue weighted by molar-refractivity contribution is 14.1. The van der Waals surface area contributed by atoms with E-state index in [1.165, 1.54) is 0 Å². The first-order valence-corrected chi connectivity index (χ1v) is 4.46. The Labute approximate surface area is 83.9 Å². The minimum absolute atomic E-state index is 0.392. The summed E-state index contributed by atoms with van der Waals surface area (Å²) in [5.74, 6) is -0.392. The van der Waals surface area contributed by atoms with E-state index in [1.54, 1.807) is 12.1 Å². The van der Waals surface area contributed by atoms with E-state index in [0.29, 0.717) is 5.69 Å². The van der Waals surface area contributed by atoms with Crippen molar-refractivity contribution in [3.05, 3.63) is 27.8 Å². The molecule has 0 aliphatic rings. The predicted octanol–water partition coefficient (Wildman–Crippen LogP) is 1.22. The number of anilines is 1. The number of nitrogens with one attached hydrogen (secondary N) is 1. The van der Waals surface area contributed by atoms with Crippen LogP contribution in [0.4, 0.5) is 5.69 Å². The van der Waals surface area contributed by atoms with Crippen LogP contribution in [0.25, 0.3) is 0 Å². The normalized spacial score (nSPS) is 9.50. The lowest BCUT2D eigenvalue weighted by atomic mass is 10.3. The summed E-state index contributed by atoms with van der Waals surface area (Å²) >= 11 is 2.18. The van der Waals surface area contributed by atoms with Crippen molar-refractivity contribution in [1.29, 1.82) is 0 Å². The molecular weight excluding hydrogens is 269 g/mol. The molecule has 0 aromatic heterocycles. The van der Waals surface area contributed by atoms with Gasteiger partial charge in [-0.3, -0.25) is 4.79 Å². The van der Waals surface area contributed by atoms with Gasteiger partial charge in [-0.2, -0.15) is 0 Å². The number of halogens is 1. The third-order valence-corrected chi connectivity index (χ3v) is 1.99. The summed E-state index contributed by atoms with van der Waals surface area (Å²) in [6.07, 6.45) is 0.